The Labute approximate surface area is 112 Å². The topological polar surface area (TPSA) is 77.8 Å². The Hall–Kier alpha value is -0.560. The summed E-state index contributed by atoms with van der Waals surface area (Å²) in [6.45, 7) is 1.39. The number of hydrogen-bond acceptors (Lipinski definition) is 5. The Morgan fingerprint density at radius 2 is 2.12 bits per heavy atom. The highest BCUT2D eigenvalue weighted by atomic mass is 79.9. The molecule has 0 fully saturated rings. The summed E-state index contributed by atoms with van der Waals surface area (Å²) in [5.41, 5.74) is 0.241. The minimum Gasteiger partial charge on any atom is -0.508 e. The molecular formula is C11H13BrO4S. The van der Waals surface area contributed by atoms with Crippen LogP contribution in [-0.2, 0) is 4.79 Å². The van der Waals surface area contributed by atoms with E-state index in [1.807, 2.05) is 0 Å². The van der Waals surface area contributed by atoms with Crippen molar-refractivity contribution in [1.82, 2.24) is 0 Å². The third-order valence-corrected chi connectivity index (χ3v) is 3.54. The van der Waals surface area contributed by atoms with Crippen LogP contribution >= 0.6 is 27.7 Å². The molecule has 2 atom stereocenters. The van der Waals surface area contributed by atoms with Gasteiger partial charge >= 0.3 is 0 Å². The van der Waals surface area contributed by atoms with E-state index in [4.69, 9.17) is 0 Å². The molecule has 0 aliphatic carbocycles. The van der Waals surface area contributed by atoms with Crippen LogP contribution in [0.1, 0.15) is 18.6 Å². The molecule has 0 aliphatic rings. The minimum absolute atomic E-state index is 0.0893. The van der Waals surface area contributed by atoms with Crippen molar-refractivity contribution < 1.29 is 20.1 Å². The Morgan fingerprint density at radius 1 is 1.47 bits per heavy atom. The maximum atomic E-state index is 10.7. The van der Waals surface area contributed by atoms with Gasteiger partial charge in [-0.3, -0.25) is 4.79 Å². The van der Waals surface area contributed by atoms with Crippen molar-refractivity contribution in [3.8, 4) is 5.75 Å². The molecule has 3 N–H and O–H groups in total. The maximum absolute atomic E-state index is 10.7. The number of benzene rings is 1. The van der Waals surface area contributed by atoms with Gasteiger partial charge in [-0.2, -0.15) is 0 Å². The average molecular weight is 321 g/mol. The van der Waals surface area contributed by atoms with Gasteiger partial charge in [0.15, 0.2) is 5.12 Å². The van der Waals surface area contributed by atoms with Crippen molar-refractivity contribution in [2.45, 2.75) is 19.1 Å². The van der Waals surface area contributed by atoms with Crippen molar-refractivity contribution in [2.24, 2.45) is 0 Å². The van der Waals surface area contributed by atoms with E-state index in [2.05, 4.69) is 15.9 Å². The lowest BCUT2D eigenvalue weighted by Crippen LogP contribution is -2.21. The lowest BCUT2D eigenvalue weighted by atomic mass is 10.0. The van der Waals surface area contributed by atoms with Gasteiger partial charge in [0, 0.05) is 22.7 Å². The lowest BCUT2D eigenvalue weighted by molar-refractivity contribution is -0.109. The van der Waals surface area contributed by atoms with Crippen LogP contribution in [0.15, 0.2) is 22.7 Å². The summed E-state index contributed by atoms with van der Waals surface area (Å²) in [5, 5.41) is 29.0. The van der Waals surface area contributed by atoms with Crippen LogP contribution in [0.5, 0.6) is 5.75 Å². The Bertz CT molecular complexity index is 410. The molecule has 1 aromatic carbocycles. The monoisotopic (exact) mass is 320 g/mol. The van der Waals surface area contributed by atoms with E-state index in [9.17, 15) is 20.1 Å². The first-order chi connectivity index (χ1) is 7.91. The first-order valence-electron chi connectivity index (χ1n) is 4.89. The van der Waals surface area contributed by atoms with Gasteiger partial charge in [0.05, 0.1) is 6.10 Å². The number of phenolic OH excluding ortho intramolecular Hbond substituents is 1. The number of thioether (sulfide) groups is 1. The van der Waals surface area contributed by atoms with Crippen LogP contribution < -0.4 is 0 Å². The predicted molar refractivity (Wildman–Crippen MR) is 69.9 cm³/mol. The molecule has 0 bridgehead atoms. The van der Waals surface area contributed by atoms with Gasteiger partial charge in [-0.15, -0.1) is 0 Å². The smallest absolute Gasteiger partial charge is 0.185 e. The molecule has 94 valence electrons. The van der Waals surface area contributed by atoms with Gasteiger partial charge in [-0.25, -0.2) is 0 Å². The van der Waals surface area contributed by atoms with Crippen LogP contribution in [0, 0.1) is 0 Å². The number of carbonyl (C=O) groups excluding carboxylic acids is 1. The van der Waals surface area contributed by atoms with E-state index in [1.54, 1.807) is 6.07 Å². The van der Waals surface area contributed by atoms with Gasteiger partial charge in [-0.05, 0) is 12.1 Å². The zero-order valence-corrected chi connectivity index (χ0v) is 11.5. The van der Waals surface area contributed by atoms with Crippen LogP contribution in [0.3, 0.4) is 0 Å². The molecule has 0 amide bonds. The fourth-order valence-electron chi connectivity index (χ4n) is 1.27. The predicted octanol–water partition coefficient (Wildman–Crippen LogP) is 1.83. The van der Waals surface area contributed by atoms with Crippen LogP contribution in [-0.4, -0.2) is 32.3 Å². The van der Waals surface area contributed by atoms with Gasteiger partial charge < -0.3 is 15.3 Å². The van der Waals surface area contributed by atoms with Crippen LogP contribution in [0.25, 0.3) is 0 Å². The second kappa shape index (κ2) is 6.39. The molecular weight excluding hydrogens is 308 g/mol. The third-order valence-electron chi connectivity index (χ3n) is 2.13. The van der Waals surface area contributed by atoms with E-state index in [0.717, 1.165) is 11.8 Å². The number of aromatic hydroxyl groups is 1. The summed E-state index contributed by atoms with van der Waals surface area (Å²) in [5.74, 6) is -0.00909. The molecule has 0 aliphatic heterocycles. The largest absolute Gasteiger partial charge is 0.508 e. The van der Waals surface area contributed by atoms with E-state index in [-0.39, 0.29) is 22.2 Å². The third kappa shape index (κ3) is 4.31. The molecule has 4 nitrogen and oxygen atoms in total. The lowest BCUT2D eigenvalue weighted by Gasteiger charge is -2.18. The number of aliphatic hydroxyl groups is 2. The summed E-state index contributed by atoms with van der Waals surface area (Å²) in [7, 11) is 0. The van der Waals surface area contributed by atoms with Crippen LogP contribution in [0.4, 0.5) is 0 Å². The second-order valence-corrected chi connectivity index (χ2v) is 5.63. The van der Waals surface area contributed by atoms with Crippen molar-refractivity contribution in [1.29, 1.82) is 0 Å². The van der Waals surface area contributed by atoms with Gasteiger partial charge in [0.25, 0.3) is 0 Å². The first kappa shape index (κ1) is 14.5. The standard InChI is InChI=1S/C11H13BrO4S/c1-6(13)17-5-10(15)11(16)8-3-2-7(12)4-9(8)14/h2-4,10-11,14-16H,5H2,1H3. The zero-order valence-electron chi connectivity index (χ0n) is 9.13. The molecule has 6 heteroatoms. The summed E-state index contributed by atoms with van der Waals surface area (Å²) >= 11 is 4.11. The summed E-state index contributed by atoms with van der Waals surface area (Å²) < 4.78 is 0.679. The molecule has 1 rings (SSSR count). The molecule has 1 aromatic rings. The number of halogens is 1. The summed E-state index contributed by atoms with van der Waals surface area (Å²) in [4.78, 5) is 10.7. The molecule has 0 heterocycles. The van der Waals surface area contributed by atoms with E-state index < -0.39 is 12.2 Å². The Balaban J connectivity index is 2.74. The average Bonchev–Trinajstić information content (AvgIpc) is 2.25. The number of rotatable bonds is 4. The van der Waals surface area contributed by atoms with Crippen molar-refractivity contribution >= 4 is 32.8 Å². The molecule has 2 unspecified atom stereocenters. The zero-order chi connectivity index (χ0) is 13.0. The number of carbonyl (C=O) groups is 1. The minimum atomic E-state index is -1.21. The molecule has 17 heavy (non-hydrogen) atoms. The number of hydrogen-bond donors (Lipinski definition) is 3. The Morgan fingerprint density at radius 3 is 2.65 bits per heavy atom. The van der Waals surface area contributed by atoms with Crippen molar-refractivity contribution in [2.75, 3.05) is 5.75 Å². The van der Waals surface area contributed by atoms with Crippen molar-refractivity contribution in [3.63, 3.8) is 0 Å². The normalized spacial score (nSPS) is 14.4. The molecule has 0 saturated heterocycles. The van der Waals surface area contributed by atoms with Crippen LogP contribution in [0.2, 0.25) is 0 Å². The SMILES string of the molecule is CC(=O)SCC(O)C(O)c1ccc(Br)cc1O. The molecule has 0 radical (unpaired) electrons. The fraction of sp³-hybridized carbons (Fsp3) is 0.364. The van der Waals surface area contributed by atoms with E-state index in [1.165, 1.54) is 19.1 Å². The highest BCUT2D eigenvalue weighted by Crippen LogP contribution is 2.30. The second-order valence-electron chi connectivity index (χ2n) is 3.52. The maximum Gasteiger partial charge on any atom is 0.185 e. The highest BCUT2D eigenvalue weighted by molar-refractivity contribution is 9.10. The highest BCUT2D eigenvalue weighted by Gasteiger charge is 2.21. The molecule has 0 saturated carbocycles. The quantitative estimate of drug-likeness (QED) is 0.789. The molecule has 0 spiro atoms. The fourth-order valence-corrected chi connectivity index (χ4v) is 2.20. The first-order valence-corrected chi connectivity index (χ1v) is 6.67. The van der Waals surface area contributed by atoms with E-state index >= 15 is 0 Å². The molecule has 0 aromatic heterocycles. The Kier molecular flexibility index (Phi) is 5.45. The van der Waals surface area contributed by atoms with Gasteiger partial charge in [-0.1, -0.05) is 33.8 Å². The summed E-state index contributed by atoms with van der Waals surface area (Å²) in [6.07, 6.45) is -2.31. The van der Waals surface area contributed by atoms with E-state index in [0.29, 0.717) is 4.47 Å². The van der Waals surface area contributed by atoms with Gasteiger partial charge in [0.2, 0.25) is 0 Å². The summed E-state index contributed by atoms with van der Waals surface area (Å²) in [6, 6.07) is 4.61. The number of phenols is 1. The van der Waals surface area contributed by atoms with Crippen molar-refractivity contribution in [3.05, 3.63) is 28.2 Å². The van der Waals surface area contributed by atoms with Gasteiger partial charge in [0.1, 0.15) is 11.9 Å². The number of aliphatic hydroxyl groups excluding tert-OH is 2.